The molecule has 1 aromatic rings. The zero-order valence-electron chi connectivity index (χ0n) is 13.9. The first kappa shape index (κ1) is 21.0. The van der Waals surface area contributed by atoms with Crippen LogP contribution < -0.4 is 0 Å². The minimum Gasteiger partial charge on any atom is -0.462 e. The zero-order valence-corrected chi connectivity index (χ0v) is 13.9. The van der Waals surface area contributed by atoms with Gasteiger partial charge in [0, 0.05) is 26.2 Å². The summed E-state index contributed by atoms with van der Waals surface area (Å²) in [7, 11) is 0. The van der Waals surface area contributed by atoms with Crippen molar-refractivity contribution in [1.82, 2.24) is 0 Å². The number of ether oxygens (including phenoxy) is 3. The maximum atomic E-state index is 12.1. The highest BCUT2D eigenvalue weighted by atomic mass is 16.5. The third-order valence-corrected chi connectivity index (χ3v) is 3.10. The molecule has 0 radical (unpaired) electrons. The van der Waals surface area contributed by atoms with E-state index in [1.54, 1.807) is 12.1 Å². The third kappa shape index (κ3) is 8.08. The Morgan fingerprint density at radius 2 is 1.52 bits per heavy atom. The normalized spacial score (nSPS) is 11.8. The molecular weight excluding hydrogens is 332 g/mol. The van der Waals surface area contributed by atoms with Crippen LogP contribution in [0.15, 0.2) is 24.3 Å². The molecule has 0 aliphatic rings. The van der Waals surface area contributed by atoms with Crippen LogP contribution in [0.5, 0.6) is 0 Å². The van der Waals surface area contributed by atoms with E-state index < -0.39 is 24.6 Å². The highest BCUT2D eigenvalue weighted by Gasteiger charge is 2.19. The number of carbonyl (C=O) groups is 2. The van der Waals surface area contributed by atoms with Crippen LogP contribution in [0, 0.1) is 0 Å². The van der Waals surface area contributed by atoms with Gasteiger partial charge in [0.2, 0.25) is 0 Å². The van der Waals surface area contributed by atoms with Gasteiger partial charge in [0.25, 0.3) is 0 Å². The summed E-state index contributed by atoms with van der Waals surface area (Å²) < 4.78 is 15.2. The lowest BCUT2D eigenvalue weighted by molar-refractivity contribution is 0.00896. The van der Waals surface area contributed by atoms with E-state index in [-0.39, 0.29) is 30.9 Å². The lowest BCUT2D eigenvalue weighted by Crippen LogP contribution is -2.23. The Labute approximate surface area is 145 Å². The Hall–Kier alpha value is -2.00. The Kier molecular flexibility index (Phi) is 10.4. The first-order chi connectivity index (χ1) is 12.1. The van der Waals surface area contributed by atoms with Gasteiger partial charge in [-0.1, -0.05) is 12.1 Å². The first-order valence-corrected chi connectivity index (χ1v) is 8.01. The van der Waals surface area contributed by atoms with Crippen molar-refractivity contribution in [1.29, 1.82) is 0 Å². The van der Waals surface area contributed by atoms with E-state index in [0.29, 0.717) is 26.1 Å². The standard InChI is InChI=1S/C17H24O8/c18-7-3-8-23-9-4-10-24-16(21)14-5-1-2-6-15(14)17(22)25-12-13(20)11-19/h1-2,5-6,13,18-20H,3-4,7-12H2. The summed E-state index contributed by atoms with van der Waals surface area (Å²) in [5, 5.41) is 26.5. The predicted molar refractivity (Wildman–Crippen MR) is 87.2 cm³/mol. The second kappa shape index (κ2) is 12.4. The molecular formula is C17H24O8. The molecule has 0 fully saturated rings. The molecule has 140 valence electrons. The topological polar surface area (TPSA) is 123 Å². The van der Waals surface area contributed by atoms with Crippen LogP contribution in [0.25, 0.3) is 0 Å². The average Bonchev–Trinajstić information content (AvgIpc) is 2.64. The number of aliphatic hydroxyl groups is 3. The van der Waals surface area contributed by atoms with Gasteiger partial charge in [-0.15, -0.1) is 0 Å². The van der Waals surface area contributed by atoms with Crippen molar-refractivity contribution in [2.75, 3.05) is 39.6 Å². The minimum absolute atomic E-state index is 0.0248. The van der Waals surface area contributed by atoms with E-state index in [1.165, 1.54) is 12.1 Å². The lowest BCUT2D eigenvalue weighted by Gasteiger charge is -2.11. The van der Waals surface area contributed by atoms with Gasteiger partial charge in [0.15, 0.2) is 0 Å². The number of rotatable bonds is 12. The van der Waals surface area contributed by atoms with Crippen LogP contribution in [-0.4, -0.2) is 73.0 Å². The number of carbonyl (C=O) groups excluding carboxylic acids is 2. The highest BCUT2D eigenvalue weighted by molar-refractivity contribution is 6.03. The van der Waals surface area contributed by atoms with Gasteiger partial charge in [-0.2, -0.15) is 0 Å². The largest absolute Gasteiger partial charge is 0.462 e. The van der Waals surface area contributed by atoms with Gasteiger partial charge in [0.05, 0.1) is 24.3 Å². The summed E-state index contributed by atoms with van der Waals surface area (Å²) in [6.45, 7) is 0.137. The van der Waals surface area contributed by atoms with Crippen molar-refractivity contribution in [2.24, 2.45) is 0 Å². The lowest BCUT2D eigenvalue weighted by atomic mass is 10.1. The van der Waals surface area contributed by atoms with Crippen molar-refractivity contribution >= 4 is 11.9 Å². The fourth-order valence-electron chi connectivity index (χ4n) is 1.81. The molecule has 0 heterocycles. The number of benzene rings is 1. The second-order valence-electron chi connectivity index (χ2n) is 5.16. The predicted octanol–water partition coefficient (Wildman–Crippen LogP) is 0.143. The van der Waals surface area contributed by atoms with Gasteiger partial charge in [-0.3, -0.25) is 0 Å². The van der Waals surface area contributed by atoms with Gasteiger partial charge in [0.1, 0.15) is 12.7 Å². The number of esters is 2. The molecule has 0 saturated heterocycles. The SMILES string of the molecule is O=C(OCCCOCCCO)c1ccccc1C(=O)OCC(O)CO. The van der Waals surface area contributed by atoms with E-state index in [2.05, 4.69) is 0 Å². The summed E-state index contributed by atoms with van der Waals surface area (Å²) in [5.74, 6) is -1.45. The Bertz CT molecular complexity index is 531. The molecule has 0 saturated carbocycles. The van der Waals surface area contributed by atoms with Crippen LogP contribution in [-0.2, 0) is 14.2 Å². The van der Waals surface area contributed by atoms with Gasteiger partial charge >= 0.3 is 11.9 Å². The van der Waals surface area contributed by atoms with Crippen molar-refractivity contribution in [3.05, 3.63) is 35.4 Å². The molecule has 0 aromatic heterocycles. The first-order valence-electron chi connectivity index (χ1n) is 8.01. The van der Waals surface area contributed by atoms with Gasteiger partial charge in [-0.25, -0.2) is 9.59 Å². The third-order valence-electron chi connectivity index (χ3n) is 3.10. The molecule has 0 bridgehead atoms. The summed E-state index contributed by atoms with van der Waals surface area (Å²) in [6, 6.07) is 6.03. The van der Waals surface area contributed by atoms with Crippen molar-refractivity contribution in [2.45, 2.75) is 18.9 Å². The molecule has 1 rings (SSSR count). The van der Waals surface area contributed by atoms with Crippen LogP contribution in [0.1, 0.15) is 33.6 Å². The van der Waals surface area contributed by atoms with Crippen LogP contribution in [0.4, 0.5) is 0 Å². The van der Waals surface area contributed by atoms with Gasteiger partial charge in [-0.05, 0) is 18.6 Å². The van der Waals surface area contributed by atoms with E-state index >= 15 is 0 Å². The zero-order chi connectivity index (χ0) is 18.5. The van der Waals surface area contributed by atoms with Crippen molar-refractivity contribution in [3.8, 4) is 0 Å². The van der Waals surface area contributed by atoms with Crippen molar-refractivity contribution < 1.29 is 39.1 Å². The monoisotopic (exact) mass is 356 g/mol. The van der Waals surface area contributed by atoms with E-state index in [9.17, 15) is 14.7 Å². The quantitative estimate of drug-likeness (QED) is 0.357. The Morgan fingerprint density at radius 3 is 2.12 bits per heavy atom. The summed E-state index contributed by atoms with van der Waals surface area (Å²) in [5.41, 5.74) is 0.0871. The molecule has 8 heteroatoms. The highest BCUT2D eigenvalue weighted by Crippen LogP contribution is 2.12. The maximum Gasteiger partial charge on any atom is 0.339 e. The van der Waals surface area contributed by atoms with E-state index in [4.69, 9.17) is 24.4 Å². The van der Waals surface area contributed by atoms with Crippen molar-refractivity contribution in [3.63, 3.8) is 0 Å². The second-order valence-corrected chi connectivity index (χ2v) is 5.16. The van der Waals surface area contributed by atoms with Crippen LogP contribution >= 0.6 is 0 Å². The van der Waals surface area contributed by atoms with E-state index in [0.717, 1.165) is 0 Å². The summed E-state index contributed by atoms with van der Waals surface area (Å²) in [6.07, 6.45) is -0.124. The Balaban J connectivity index is 2.49. The summed E-state index contributed by atoms with van der Waals surface area (Å²) >= 11 is 0. The van der Waals surface area contributed by atoms with Crippen LogP contribution in [0.2, 0.25) is 0 Å². The van der Waals surface area contributed by atoms with E-state index in [1.807, 2.05) is 0 Å². The molecule has 3 N–H and O–H groups in total. The molecule has 1 unspecified atom stereocenters. The molecule has 0 spiro atoms. The molecule has 0 amide bonds. The Morgan fingerprint density at radius 1 is 0.920 bits per heavy atom. The fraction of sp³-hybridized carbons (Fsp3) is 0.529. The molecule has 8 nitrogen and oxygen atoms in total. The minimum atomic E-state index is -1.17. The average molecular weight is 356 g/mol. The fourth-order valence-corrected chi connectivity index (χ4v) is 1.81. The number of hydrogen-bond donors (Lipinski definition) is 3. The molecule has 0 aliphatic heterocycles. The number of aliphatic hydroxyl groups excluding tert-OH is 3. The summed E-state index contributed by atoms with van der Waals surface area (Å²) in [4.78, 5) is 24.1. The smallest absolute Gasteiger partial charge is 0.339 e. The maximum absolute atomic E-state index is 12.1. The molecule has 1 aromatic carbocycles. The van der Waals surface area contributed by atoms with Gasteiger partial charge < -0.3 is 29.5 Å². The molecule has 25 heavy (non-hydrogen) atoms. The molecule has 0 aliphatic carbocycles. The number of hydrogen-bond acceptors (Lipinski definition) is 8. The van der Waals surface area contributed by atoms with Crippen LogP contribution in [0.3, 0.4) is 0 Å². The molecule has 1 atom stereocenters.